The van der Waals surface area contributed by atoms with Gasteiger partial charge in [-0.25, -0.2) is 14.4 Å². The first-order valence-corrected chi connectivity index (χ1v) is 14.2. The Labute approximate surface area is 248 Å². The minimum atomic E-state index is -1.89. The molecule has 1 aromatic carbocycles. The van der Waals surface area contributed by atoms with E-state index in [2.05, 4.69) is 0 Å². The van der Waals surface area contributed by atoms with Gasteiger partial charge in [0, 0.05) is 12.8 Å². The lowest BCUT2D eigenvalue weighted by Gasteiger charge is -2.28. The summed E-state index contributed by atoms with van der Waals surface area (Å²) < 4.78 is 31.8. The van der Waals surface area contributed by atoms with E-state index in [-0.39, 0.29) is 30.4 Å². The topological polar surface area (TPSA) is 170 Å². The summed E-state index contributed by atoms with van der Waals surface area (Å²) in [6.07, 6.45) is -2.25. The van der Waals surface area contributed by atoms with Crippen molar-refractivity contribution in [2.75, 3.05) is 0 Å². The lowest BCUT2D eigenvalue weighted by molar-refractivity contribution is -0.144. The van der Waals surface area contributed by atoms with E-state index in [4.69, 9.17) is 34.2 Å². The zero-order valence-electron chi connectivity index (χ0n) is 26.2. The summed E-state index contributed by atoms with van der Waals surface area (Å²) in [6, 6.07) is 4.13. The molecule has 0 aliphatic carbocycles. The van der Waals surface area contributed by atoms with Crippen LogP contribution in [0.5, 0.6) is 11.5 Å². The average Bonchev–Trinajstić information content (AvgIpc) is 2.84. The zero-order chi connectivity index (χ0) is 32.3. The van der Waals surface area contributed by atoms with Gasteiger partial charge in [-0.1, -0.05) is 33.3 Å². The van der Waals surface area contributed by atoms with E-state index in [0.29, 0.717) is 24.8 Å². The number of carbonyl (C=O) groups excluding carboxylic acids is 3. The normalized spacial score (nSPS) is 14.5. The van der Waals surface area contributed by atoms with Crippen LogP contribution in [0.25, 0.3) is 0 Å². The van der Waals surface area contributed by atoms with Gasteiger partial charge in [-0.3, -0.25) is 4.79 Å². The fraction of sp³-hybridized carbons (Fsp3) is 0.667. The van der Waals surface area contributed by atoms with E-state index in [9.17, 15) is 24.3 Å². The molecule has 0 radical (unpaired) electrons. The molecule has 3 N–H and O–H groups in total. The highest BCUT2D eigenvalue weighted by Gasteiger charge is 2.38. The van der Waals surface area contributed by atoms with Crippen LogP contribution in [0.4, 0.5) is 14.4 Å². The van der Waals surface area contributed by atoms with Crippen molar-refractivity contribution >= 4 is 24.4 Å². The molecule has 1 aromatic rings. The first-order chi connectivity index (χ1) is 19.3. The fourth-order valence-corrected chi connectivity index (χ4v) is 3.62. The number of hydrogen-bond donors (Lipinski definition) is 2. The molecular formula is C30H47NO11. The van der Waals surface area contributed by atoms with Crippen LogP contribution in [0.15, 0.2) is 18.2 Å². The Morgan fingerprint density at radius 2 is 1.31 bits per heavy atom. The Balaban J connectivity index is 3.23. The molecule has 1 rings (SSSR count). The number of aliphatic carboxylic acids is 1. The van der Waals surface area contributed by atoms with Gasteiger partial charge in [-0.05, 0) is 78.5 Å². The predicted molar refractivity (Wildman–Crippen MR) is 154 cm³/mol. The highest BCUT2D eigenvalue weighted by atomic mass is 16.8. The zero-order valence-corrected chi connectivity index (χ0v) is 26.2. The van der Waals surface area contributed by atoms with Crippen LogP contribution in [-0.4, -0.2) is 58.5 Å². The highest BCUT2D eigenvalue weighted by Crippen LogP contribution is 2.32. The maximum absolute atomic E-state index is 12.6. The summed E-state index contributed by atoms with van der Waals surface area (Å²) in [6.45, 7) is 15.7. The van der Waals surface area contributed by atoms with Crippen molar-refractivity contribution in [3.63, 3.8) is 0 Å². The smallest absolute Gasteiger partial charge is 0.480 e. The molecule has 0 bridgehead atoms. The minimum absolute atomic E-state index is 0.152. The number of ether oxygens (including phenoxy) is 6. The maximum Gasteiger partial charge on any atom is 0.514 e. The van der Waals surface area contributed by atoms with Crippen molar-refractivity contribution in [2.24, 2.45) is 5.73 Å². The second-order valence-corrected chi connectivity index (χ2v) is 11.7. The molecule has 3 atom stereocenters. The van der Waals surface area contributed by atoms with Gasteiger partial charge in [0.2, 0.25) is 0 Å². The van der Waals surface area contributed by atoms with Crippen molar-refractivity contribution in [3.8, 4) is 11.5 Å². The summed E-state index contributed by atoms with van der Waals surface area (Å²) in [7, 11) is 0. The van der Waals surface area contributed by atoms with Crippen molar-refractivity contribution in [1.29, 1.82) is 0 Å². The van der Waals surface area contributed by atoms with Crippen LogP contribution < -0.4 is 15.2 Å². The average molecular weight is 598 g/mol. The molecule has 0 spiro atoms. The van der Waals surface area contributed by atoms with E-state index in [1.54, 1.807) is 34.6 Å². The summed E-state index contributed by atoms with van der Waals surface area (Å²) in [5.41, 5.74) is 3.10. The minimum Gasteiger partial charge on any atom is -0.480 e. The lowest BCUT2D eigenvalue weighted by Crippen LogP contribution is -2.52. The third-order valence-electron chi connectivity index (χ3n) is 6.70. The molecule has 12 nitrogen and oxygen atoms in total. The highest BCUT2D eigenvalue weighted by molar-refractivity contribution is 5.79. The molecule has 0 aromatic heterocycles. The molecule has 0 fully saturated rings. The molecule has 0 heterocycles. The largest absolute Gasteiger partial charge is 0.514 e. The summed E-state index contributed by atoms with van der Waals surface area (Å²) in [4.78, 5) is 49.4. The molecule has 12 heteroatoms. The van der Waals surface area contributed by atoms with Crippen LogP contribution in [0.3, 0.4) is 0 Å². The Morgan fingerprint density at radius 1 is 0.810 bits per heavy atom. The van der Waals surface area contributed by atoms with Gasteiger partial charge in [0.25, 0.3) is 0 Å². The molecule has 0 saturated carbocycles. The van der Waals surface area contributed by atoms with Gasteiger partial charge in [0.15, 0.2) is 11.5 Å². The SMILES string of the molecule is CCCC(C)OC(=O)O[C@@H](C)CC(N)(Cc1ccc(OC(=O)OC(C)(C)CC)c(OC(=O)OC(C)(C)CC)c1)C(=O)O. The third-order valence-corrected chi connectivity index (χ3v) is 6.70. The van der Waals surface area contributed by atoms with Crippen molar-refractivity contribution in [2.45, 2.75) is 130 Å². The van der Waals surface area contributed by atoms with Gasteiger partial charge >= 0.3 is 24.4 Å². The molecule has 0 amide bonds. The molecule has 238 valence electrons. The monoisotopic (exact) mass is 597 g/mol. The fourth-order valence-electron chi connectivity index (χ4n) is 3.62. The lowest BCUT2D eigenvalue weighted by atomic mass is 9.86. The van der Waals surface area contributed by atoms with Crippen LogP contribution >= 0.6 is 0 Å². The molecule has 0 aliphatic heterocycles. The molecule has 42 heavy (non-hydrogen) atoms. The number of nitrogens with two attached hydrogens (primary N) is 1. The molecule has 0 aliphatic rings. The van der Waals surface area contributed by atoms with Gasteiger partial charge in [0.05, 0.1) is 0 Å². The van der Waals surface area contributed by atoms with E-state index >= 15 is 0 Å². The number of hydrogen-bond acceptors (Lipinski definition) is 11. The maximum atomic E-state index is 12.6. The number of carboxylic acids is 1. The number of rotatable bonds is 15. The number of benzene rings is 1. The van der Waals surface area contributed by atoms with Crippen molar-refractivity contribution in [1.82, 2.24) is 0 Å². The van der Waals surface area contributed by atoms with Gasteiger partial charge in [0.1, 0.15) is 28.9 Å². The standard InChI is InChI=1S/C30H47NO11/c1-10-13-19(4)37-25(34)38-20(5)17-30(31,24(32)33)18-21-14-15-22(39-26(35)41-28(6,7)11-2)23(16-21)40-27(36)42-29(8,9)12-3/h14-16,19-20H,10-13,17-18,31H2,1-9H3,(H,32,33)/t19?,20-,30?/m0/s1. The third kappa shape index (κ3) is 12.5. The van der Waals surface area contributed by atoms with Crippen molar-refractivity contribution < 1.29 is 52.7 Å². The van der Waals surface area contributed by atoms with E-state index in [0.717, 1.165) is 6.42 Å². The number of carboxylic acid groups (broad SMARTS) is 1. The van der Waals surface area contributed by atoms with E-state index < -0.39 is 47.3 Å². The summed E-state index contributed by atoms with van der Waals surface area (Å²) in [5.74, 6) is -1.70. The van der Waals surface area contributed by atoms with Crippen LogP contribution in [0, 0.1) is 0 Å². The molecule has 0 saturated heterocycles. The van der Waals surface area contributed by atoms with Crippen LogP contribution in [-0.2, 0) is 30.2 Å². The molecular weight excluding hydrogens is 550 g/mol. The van der Waals surface area contributed by atoms with E-state index in [1.165, 1.54) is 25.1 Å². The second-order valence-electron chi connectivity index (χ2n) is 11.7. The Hall–Kier alpha value is -3.54. The van der Waals surface area contributed by atoms with Crippen molar-refractivity contribution in [3.05, 3.63) is 23.8 Å². The summed E-state index contributed by atoms with van der Waals surface area (Å²) >= 11 is 0. The van der Waals surface area contributed by atoms with Crippen LogP contribution in [0.2, 0.25) is 0 Å². The van der Waals surface area contributed by atoms with Gasteiger partial charge in [-0.15, -0.1) is 0 Å². The quantitative estimate of drug-likeness (QED) is 0.127. The Bertz CT molecular complexity index is 1090. The van der Waals surface area contributed by atoms with Gasteiger partial charge in [-0.2, -0.15) is 0 Å². The first kappa shape index (κ1) is 36.5. The van der Waals surface area contributed by atoms with E-state index in [1.807, 2.05) is 20.8 Å². The summed E-state index contributed by atoms with van der Waals surface area (Å²) in [5, 5.41) is 9.98. The second kappa shape index (κ2) is 15.6. The first-order valence-electron chi connectivity index (χ1n) is 14.2. The Morgan fingerprint density at radius 3 is 1.79 bits per heavy atom. The van der Waals surface area contributed by atoms with Crippen LogP contribution in [0.1, 0.15) is 100.0 Å². The van der Waals surface area contributed by atoms with Gasteiger partial charge < -0.3 is 39.3 Å². The number of carbonyl (C=O) groups is 4. The molecule has 2 unspecified atom stereocenters. The Kier molecular flexibility index (Phi) is 13.6. The predicted octanol–water partition coefficient (Wildman–Crippen LogP) is 6.54.